The highest BCUT2D eigenvalue weighted by Crippen LogP contribution is 2.29. The topological polar surface area (TPSA) is 50.0 Å². The average molecular weight is 397 g/mol. The zero-order valence-corrected chi connectivity index (χ0v) is 16.5. The monoisotopic (exact) mass is 396 g/mol. The number of anilines is 1. The Morgan fingerprint density at radius 3 is 2.74 bits per heavy atom. The molecule has 0 N–H and O–H groups in total. The molecule has 0 unspecified atom stereocenters. The summed E-state index contributed by atoms with van der Waals surface area (Å²) in [4.78, 5) is 19.7. The molecule has 0 radical (unpaired) electrons. The molecule has 1 aliphatic rings. The summed E-state index contributed by atoms with van der Waals surface area (Å²) < 4.78 is 1.74. The number of para-hydroxylation sites is 1. The molecule has 5 nitrogen and oxygen atoms in total. The molecule has 0 fully saturated rings. The molecule has 7 heteroatoms. The lowest BCUT2D eigenvalue weighted by Crippen LogP contribution is -2.27. The van der Waals surface area contributed by atoms with Gasteiger partial charge in [0.15, 0.2) is 5.71 Å². The van der Waals surface area contributed by atoms with Crippen LogP contribution in [-0.4, -0.2) is 29.9 Å². The summed E-state index contributed by atoms with van der Waals surface area (Å²) in [6, 6.07) is 15.2. The van der Waals surface area contributed by atoms with Crippen molar-refractivity contribution in [3.8, 4) is 11.3 Å². The van der Waals surface area contributed by atoms with Crippen LogP contribution in [0.25, 0.3) is 11.3 Å². The zero-order chi connectivity index (χ0) is 19.0. The SMILES string of the molecule is CCN=c1scc(-c2cccc(Cl)c2)n1N=C1C(=O)N(C)c2ccccc21. The van der Waals surface area contributed by atoms with E-state index in [2.05, 4.69) is 4.99 Å². The van der Waals surface area contributed by atoms with Crippen LogP contribution in [0.2, 0.25) is 5.02 Å². The van der Waals surface area contributed by atoms with Gasteiger partial charge in [0, 0.05) is 35.1 Å². The van der Waals surface area contributed by atoms with Gasteiger partial charge in [0.2, 0.25) is 4.80 Å². The number of rotatable bonds is 3. The van der Waals surface area contributed by atoms with Crippen molar-refractivity contribution >= 4 is 40.2 Å². The van der Waals surface area contributed by atoms with Crippen LogP contribution in [0.3, 0.4) is 0 Å². The minimum absolute atomic E-state index is 0.130. The number of amides is 1. The number of benzene rings is 2. The summed E-state index contributed by atoms with van der Waals surface area (Å²) >= 11 is 7.66. The Morgan fingerprint density at radius 1 is 1.15 bits per heavy atom. The minimum atomic E-state index is -0.130. The normalized spacial score (nSPS) is 15.7. The summed E-state index contributed by atoms with van der Waals surface area (Å²) in [5.74, 6) is -0.130. The molecule has 0 bridgehead atoms. The molecule has 1 amide bonds. The Kier molecular flexibility index (Phi) is 4.68. The number of hydrogen-bond donors (Lipinski definition) is 0. The Hall–Kier alpha value is -2.70. The van der Waals surface area contributed by atoms with E-state index >= 15 is 0 Å². The third-order valence-electron chi connectivity index (χ3n) is 4.33. The van der Waals surface area contributed by atoms with Crippen LogP contribution in [0.4, 0.5) is 5.69 Å². The molecule has 2 heterocycles. The van der Waals surface area contributed by atoms with Gasteiger partial charge in [-0.1, -0.05) is 41.9 Å². The van der Waals surface area contributed by atoms with E-state index < -0.39 is 0 Å². The number of carbonyl (C=O) groups is 1. The Bertz CT molecular complexity index is 1130. The molecule has 1 aliphatic heterocycles. The number of nitrogens with zero attached hydrogens (tertiary/aromatic N) is 4. The first-order chi connectivity index (χ1) is 13.1. The first-order valence-corrected chi connectivity index (χ1v) is 9.79. The summed E-state index contributed by atoms with van der Waals surface area (Å²) in [6.07, 6.45) is 0. The van der Waals surface area contributed by atoms with Gasteiger partial charge in [-0.25, -0.2) is 4.68 Å². The average Bonchev–Trinajstić information content (AvgIpc) is 3.17. The fourth-order valence-corrected chi connectivity index (χ4v) is 4.12. The van der Waals surface area contributed by atoms with Crippen LogP contribution in [0.15, 0.2) is 64.0 Å². The summed E-state index contributed by atoms with van der Waals surface area (Å²) in [5, 5.41) is 7.36. The molecule has 2 aromatic carbocycles. The number of hydrogen-bond acceptors (Lipinski definition) is 4. The van der Waals surface area contributed by atoms with Crippen LogP contribution in [0.5, 0.6) is 0 Å². The van der Waals surface area contributed by atoms with E-state index in [0.717, 1.165) is 27.3 Å². The van der Waals surface area contributed by atoms with Crippen molar-refractivity contribution in [3.05, 3.63) is 69.3 Å². The lowest BCUT2D eigenvalue weighted by Gasteiger charge is -2.07. The fourth-order valence-electron chi connectivity index (χ4n) is 3.03. The maximum Gasteiger partial charge on any atom is 0.279 e. The third kappa shape index (κ3) is 3.11. The van der Waals surface area contributed by atoms with Crippen molar-refractivity contribution in [2.24, 2.45) is 10.1 Å². The van der Waals surface area contributed by atoms with E-state index in [9.17, 15) is 4.79 Å². The standard InChI is InChI=1S/C20H17ClN4OS/c1-3-22-20-25(17(12-27-20)13-7-6-8-14(21)11-13)23-18-15-9-4-5-10-16(15)24(2)19(18)26/h4-12H,3H2,1-2H3. The third-order valence-corrected chi connectivity index (χ3v) is 5.42. The van der Waals surface area contributed by atoms with Gasteiger partial charge in [-0.3, -0.25) is 9.79 Å². The van der Waals surface area contributed by atoms with Crippen molar-refractivity contribution in [2.45, 2.75) is 6.92 Å². The lowest BCUT2D eigenvalue weighted by atomic mass is 10.1. The van der Waals surface area contributed by atoms with Gasteiger partial charge in [-0.2, -0.15) is 5.10 Å². The van der Waals surface area contributed by atoms with Crippen molar-refractivity contribution in [2.75, 3.05) is 18.5 Å². The second-order valence-corrected chi connectivity index (χ2v) is 7.30. The molecule has 0 aliphatic carbocycles. The van der Waals surface area contributed by atoms with Crippen molar-refractivity contribution in [1.29, 1.82) is 0 Å². The molecule has 0 atom stereocenters. The number of halogens is 1. The molecule has 1 aromatic heterocycles. The first kappa shape index (κ1) is 17.7. The molecule has 0 saturated carbocycles. The van der Waals surface area contributed by atoms with Crippen molar-refractivity contribution < 1.29 is 4.79 Å². The highest BCUT2D eigenvalue weighted by molar-refractivity contribution is 7.07. The predicted molar refractivity (Wildman–Crippen MR) is 111 cm³/mol. The lowest BCUT2D eigenvalue weighted by molar-refractivity contribution is -0.112. The van der Waals surface area contributed by atoms with Gasteiger partial charge in [0.1, 0.15) is 0 Å². The van der Waals surface area contributed by atoms with Gasteiger partial charge in [-0.15, -0.1) is 11.3 Å². The highest BCUT2D eigenvalue weighted by atomic mass is 35.5. The molecule has 27 heavy (non-hydrogen) atoms. The number of thiazole rings is 1. The quantitative estimate of drug-likeness (QED) is 0.659. The highest BCUT2D eigenvalue weighted by Gasteiger charge is 2.31. The van der Waals surface area contributed by atoms with Crippen LogP contribution < -0.4 is 9.70 Å². The summed E-state index contributed by atoms with van der Waals surface area (Å²) in [6.45, 7) is 2.60. The summed E-state index contributed by atoms with van der Waals surface area (Å²) in [7, 11) is 1.76. The Morgan fingerprint density at radius 2 is 1.96 bits per heavy atom. The Balaban J connectivity index is 1.94. The number of fused-ring (bicyclic) bond motifs is 1. The molecule has 4 rings (SSSR count). The summed E-state index contributed by atoms with van der Waals surface area (Å²) in [5.41, 5.74) is 3.86. The molecule has 0 spiro atoms. The van der Waals surface area contributed by atoms with E-state index in [1.807, 2.05) is 60.8 Å². The van der Waals surface area contributed by atoms with E-state index in [4.69, 9.17) is 16.7 Å². The van der Waals surface area contributed by atoms with Crippen LogP contribution in [-0.2, 0) is 4.79 Å². The largest absolute Gasteiger partial charge is 0.309 e. The van der Waals surface area contributed by atoms with Gasteiger partial charge < -0.3 is 4.90 Å². The molecular formula is C20H17ClN4OS. The fraction of sp³-hybridized carbons (Fsp3) is 0.150. The van der Waals surface area contributed by atoms with E-state index in [0.29, 0.717) is 17.3 Å². The second-order valence-electron chi connectivity index (χ2n) is 6.03. The van der Waals surface area contributed by atoms with Gasteiger partial charge in [0.25, 0.3) is 5.91 Å². The second kappa shape index (κ2) is 7.13. The van der Waals surface area contributed by atoms with Crippen molar-refractivity contribution in [1.82, 2.24) is 4.68 Å². The number of carbonyl (C=O) groups excluding carboxylic acids is 1. The van der Waals surface area contributed by atoms with Gasteiger partial charge in [0.05, 0.1) is 11.4 Å². The maximum absolute atomic E-state index is 12.8. The van der Waals surface area contributed by atoms with Crippen LogP contribution >= 0.6 is 22.9 Å². The van der Waals surface area contributed by atoms with Gasteiger partial charge in [-0.05, 0) is 25.1 Å². The molecule has 3 aromatic rings. The van der Waals surface area contributed by atoms with Gasteiger partial charge >= 0.3 is 0 Å². The van der Waals surface area contributed by atoms with Crippen LogP contribution in [0.1, 0.15) is 12.5 Å². The molecule has 0 saturated heterocycles. The zero-order valence-electron chi connectivity index (χ0n) is 14.9. The Labute approximate surface area is 165 Å². The first-order valence-electron chi connectivity index (χ1n) is 8.53. The maximum atomic E-state index is 12.8. The van der Waals surface area contributed by atoms with E-state index in [1.54, 1.807) is 16.6 Å². The molecular weight excluding hydrogens is 380 g/mol. The van der Waals surface area contributed by atoms with E-state index in [-0.39, 0.29) is 5.91 Å². The molecule has 136 valence electrons. The minimum Gasteiger partial charge on any atom is -0.309 e. The predicted octanol–water partition coefficient (Wildman–Crippen LogP) is 4.02. The number of likely N-dealkylation sites (N-methyl/N-ethyl adjacent to an activating group) is 1. The number of aromatic nitrogens is 1. The van der Waals surface area contributed by atoms with Crippen molar-refractivity contribution in [3.63, 3.8) is 0 Å². The smallest absolute Gasteiger partial charge is 0.279 e. The van der Waals surface area contributed by atoms with E-state index in [1.165, 1.54) is 11.3 Å². The van der Waals surface area contributed by atoms with Crippen LogP contribution in [0, 0.1) is 0 Å².